The van der Waals surface area contributed by atoms with Crippen molar-refractivity contribution in [2.45, 2.75) is 71.4 Å². The van der Waals surface area contributed by atoms with Gasteiger partial charge in [0.1, 0.15) is 5.76 Å². The Bertz CT molecular complexity index is 471. The average molecular weight is 278 g/mol. The third kappa shape index (κ3) is 3.29. The first-order valence-corrected chi connectivity index (χ1v) is 7.53. The molecule has 0 N–H and O–H groups in total. The van der Waals surface area contributed by atoms with Crippen LogP contribution in [-0.2, 0) is 16.6 Å². The summed E-state index contributed by atoms with van der Waals surface area (Å²) in [6.07, 6.45) is 2.47. The normalized spacial score (nSPS) is 20.8. The van der Waals surface area contributed by atoms with Gasteiger partial charge in [-0.2, -0.15) is 0 Å². The smallest absolute Gasteiger partial charge is 0.156 e. The summed E-state index contributed by atoms with van der Waals surface area (Å²) in [7, 11) is 0. The van der Waals surface area contributed by atoms with Gasteiger partial charge in [0.05, 0.1) is 18.2 Å². The summed E-state index contributed by atoms with van der Waals surface area (Å²) in [5.74, 6) is 1.11. The van der Waals surface area contributed by atoms with E-state index in [2.05, 4.69) is 44.7 Å². The predicted molar refractivity (Wildman–Crippen MR) is 78.8 cm³/mol. The molecule has 1 aromatic rings. The molecule has 1 aliphatic heterocycles. The lowest BCUT2D eigenvalue weighted by Gasteiger charge is -2.26. The van der Waals surface area contributed by atoms with Crippen molar-refractivity contribution in [1.29, 1.82) is 0 Å². The van der Waals surface area contributed by atoms with Gasteiger partial charge in [-0.1, -0.05) is 25.9 Å². The Morgan fingerprint density at radius 2 is 2.20 bits per heavy atom. The number of hydrogen-bond acceptors (Lipinski definition) is 4. The van der Waals surface area contributed by atoms with Crippen LogP contribution in [0.15, 0.2) is 10.6 Å². The second kappa shape index (κ2) is 5.68. The molecule has 0 aliphatic carbocycles. The van der Waals surface area contributed by atoms with Crippen molar-refractivity contribution < 1.29 is 9.32 Å². The van der Waals surface area contributed by atoms with Crippen molar-refractivity contribution in [3.8, 4) is 0 Å². The minimum absolute atomic E-state index is 0.0600. The molecule has 2 heterocycles. The van der Waals surface area contributed by atoms with Crippen LogP contribution in [-0.4, -0.2) is 34.5 Å². The summed E-state index contributed by atoms with van der Waals surface area (Å²) in [5, 5.41) is 4.05. The van der Waals surface area contributed by atoms with Gasteiger partial charge in [0, 0.05) is 17.5 Å². The van der Waals surface area contributed by atoms with E-state index in [-0.39, 0.29) is 17.2 Å². The first-order valence-electron chi connectivity index (χ1n) is 7.53. The van der Waals surface area contributed by atoms with Crippen LogP contribution >= 0.6 is 0 Å². The van der Waals surface area contributed by atoms with Gasteiger partial charge in [0.2, 0.25) is 0 Å². The Hall–Kier alpha value is -1.16. The highest BCUT2D eigenvalue weighted by atomic mass is 16.5. The summed E-state index contributed by atoms with van der Waals surface area (Å²) in [4.78, 5) is 14.8. The number of carbonyl (C=O) groups is 1. The van der Waals surface area contributed by atoms with Gasteiger partial charge in [-0.05, 0) is 33.2 Å². The predicted octanol–water partition coefficient (Wildman–Crippen LogP) is 2.96. The average Bonchev–Trinajstić information content (AvgIpc) is 2.95. The van der Waals surface area contributed by atoms with Crippen LogP contribution in [0.5, 0.6) is 0 Å². The van der Waals surface area contributed by atoms with E-state index in [1.54, 1.807) is 0 Å². The molecule has 0 spiro atoms. The third-order valence-corrected chi connectivity index (χ3v) is 3.98. The highest BCUT2D eigenvalue weighted by Crippen LogP contribution is 2.25. The maximum absolute atomic E-state index is 12.5. The molecule has 1 aromatic heterocycles. The zero-order valence-corrected chi connectivity index (χ0v) is 13.3. The minimum Gasteiger partial charge on any atom is -0.361 e. The maximum Gasteiger partial charge on any atom is 0.156 e. The highest BCUT2D eigenvalue weighted by Gasteiger charge is 2.32. The molecule has 0 aromatic carbocycles. The molecule has 0 radical (unpaired) electrons. The fourth-order valence-corrected chi connectivity index (χ4v) is 2.80. The van der Waals surface area contributed by atoms with Crippen LogP contribution in [0.25, 0.3) is 0 Å². The summed E-state index contributed by atoms with van der Waals surface area (Å²) in [6.45, 7) is 11.6. The van der Waals surface area contributed by atoms with Gasteiger partial charge in [0.15, 0.2) is 5.78 Å². The van der Waals surface area contributed by atoms with Crippen LogP contribution in [0.3, 0.4) is 0 Å². The Kier molecular flexibility index (Phi) is 4.33. The minimum atomic E-state index is -0.0639. The molecule has 1 fully saturated rings. The van der Waals surface area contributed by atoms with Gasteiger partial charge in [0.25, 0.3) is 0 Å². The van der Waals surface area contributed by atoms with Crippen molar-refractivity contribution in [2.24, 2.45) is 0 Å². The Balaban J connectivity index is 2.03. The third-order valence-electron chi connectivity index (χ3n) is 3.98. The van der Waals surface area contributed by atoms with Gasteiger partial charge in [-0.3, -0.25) is 9.69 Å². The first kappa shape index (κ1) is 15.2. The molecule has 0 amide bonds. The maximum atomic E-state index is 12.5. The van der Waals surface area contributed by atoms with Gasteiger partial charge < -0.3 is 4.52 Å². The van der Waals surface area contributed by atoms with Crippen LogP contribution in [0.2, 0.25) is 0 Å². The fourth-order valence-electron chi connectivity index (χ4n) is 2.80. The molecule has 2 rings (SSSR count). The molecule has 1 aliphatic rings. The molecule has 112 valence electrons. The molecule has 1 unspecified atom stereocenters. The Morgan fingerprint density at radius 1 is 1.50 bits per heavy atom. The second-order valence-corrected chi connectivity index (χ2v) is 7.07. The van der Waals surface area contributed by atoms with Crippen molar-refractivity contribution in [3.63, 3.8) is 0 Å². The van der Waals surface area contributed by atoms with Crippen LogP contribution in [0.1, 0.15) is 58.9 Å². The van der Waals surface area contributed by atoms with E-state index in [0.29, 0.717) is 12.5 Å². The number of ketones is 1. The largest absolute Gasteiger partial charge is 0.361 e. The van der Waals surface area contributed by atoms with Gasteiger partial charge >= 0.3 is 0 Å². The number of rotatable bonds is 4. The molecule has 1 saturated heterocycles. The van der Waals surface area contributed by atoms with E-state index in [1.807, 2.05) is 6.07 Å². The van der Waals surface area contributed by atoms with E-state index < -0.39 is 0 Å². The molecule has 4 heteroatoms. The number of hydrogen-bond donors (Lipinski definition) is 0. The number of Topliss-reactive ketones (excluding diaryl/α,β-unsaturated/α-hetero) is 1. The summed E-state index contributed by atoms with van der Waals surface area (Å²) in [6, 6.07) is 2.41. The topological polar surface area (TPSA) is 46.3 Å². The molecular formula is C16H26N2O2. The molecule has 20 heavy (non-hydrogen) atoms. The lowest BCUT2D eigenvalue weighted by Crippen LogP contribution is -2.41. The van der Waals surface area contributed by atoms with Crippen LogP contribution in [0.4, 0.5) is 0 Å². The highest BCUT2D eigenvalue weighted by molar-refractivity contribution is 5.86. The zero-order chi connectivity index (χ0) is 14.9. The number of likely N-dealkylation sites (tertiary alicyclic amines) is 1. The van der Waals surface area contributed by atoms with E-state index in [4.69, 9.17) is 4.52 Å². The van der Waals surface area contributed by atoms with Crippen molar-refractivity contribution in [2.75, 3.05) is 6.54 Å². The van der Waals surface area contributed by atoms with E-state index in [1.165, 1.54) is 0 Å². The molecule has 0 saturated carbocycles. The number of nitrogens with zero attached hydrogens (tertiary/aromatic N) is 2. The van der Waals surface area contributed by atoms with E-state index >= 15 is 0 Å². The second-order valence-electron chi connectivity index (χ2n) is 7.07. The molecule has 1 atom stereocenters. The van der Waals surface area contributed by atoms with Gasteiger partial charge in [-0.25, -0.2) is 0 Å². The summed E-state index contributed by atoms with van der Waals surface area (Å²) >= 11 is 0. The van der Waals surface area contributed by atoms with Crippen molar-refractivity contribution in [3.05, 3.63) is 17.5 Å². The standard InChI is InChI=1S/C16H26N2O2/c1-11(2)18-8-6-7-13(18)14(19)9-12-10-15(20-17-12)16(3,4)5/h10-11,13H,6-9H2,1-5H3. The lowest BCUT2D eigenvalue weighted by molar-refractivity contribution is -0.123. The quantitative estimate of drug-likeness (QED) is 0.849. The Labute approximate surface area is 121 Å². The Morgan fingerprint density at radius 3 is 2.75 bits per heavy atom. The molecular weight excluding hydrogens is 252 g/mol. The van der Waals surface area contributed by atoms with Crippen molar-refractivity contribution in [1.82, 2.24) is 10.1 Å². The lowest BCUT2D eigenvalue weighted by atomic mass is 9.93. The number of aromatic nitrogens is 1. The summed E-state index contributed by atoms with van der Waals surface area (Å²) in [5.41, 5.74) is 0.696. The van der Waals surface area contributed by atoms with Crippen LogP contribution < -0.4 is 0 Å². The van der Waals surface area contributed by atoms with E-state index in [9.17, 15) is 4.79 Å². The first-order chi connectivity index (χ1) is 9.29. The molecule has 4 nitrogen and oxygen atoms in total. The molecule has 0 bridgehead atoms. The van der Waals surface area contributed by atoms with Crippen molar-refractivity contribution >= 4 is 5.78 Å². The SMILES string of the molecule is CC(C)N1CCCC1C(=O)Cc1cc(C(C)(C)C)on1. The number of carbonyl (C=O) groups excluding carboxylic acids is 1. The zero-order valence-electron chi connectivity index (χ0n) is 13.3. The fraction of sp³-hybridized carbons (Fsp3) is 0.750. The summed E-state index contributed by atoms with van der Waals surface area (Å²) < 4.78 is 5.35. The monoisotopic (exact) mass is 278 g/mol. The van der Waals surface area contributed by atoms with Crippen LogP contribution in [0, 0.1) is 0 Å². The van der Waals surface area contributed by atoms with Gasteiger partial charge in [-0.15, -0.1) is 0 Å². The van der Waals surface area contributed by atoms with E-state index in [0.717, 1.165) is 30.8 Å².